The van der Waals surface area contributed by atoms with Gasteiger partial charge in [0.05, 0.1) is 14.2 Å². The van der Waals surface area contributed by atoms with Crippen LogP contribution < -0.4 is 20.1 Å². The quantitative estimate of drug-likeness (QED) is 0.412. The van der Waals surface area contributed by atoms with Crippen molar-refractivity contribution in [2.24, 2.45) is 4.99 Å². The molecule has 2 rings (SSSR count). The zero-order valence-corrected chi connectivity index (χ0v) is 15.9. The molecular formula is C21H29N3O2. The van der Waals surface area contributed by atoms with Gasteiger partial charge in [0, 0.05) is 20.1 Å². The molecule has 0 bridgehead atoms. The lowest BCUT2D eigenvalue weighted by Crippen LogP contribution is -2.38. The molecule has 2 N–H and O–H groups in total. The van der Waals surface area contributed by atoms with Gasteiger partial charge in [0.2, 0.25) is 0 Å². The maximum Gasteiger partial charge on any atom is 0.190 e. The summed E-state index contributed by atoms with van der Waals surface area (Å²) in [5.74, 6) is 2.34. The predicted molar refractivity (Wildman–Crippen MR) is 107 cm³/mol. The molecule has 2 aromatic rings. The van der Waals surface area contributed by atoms with Crippen LogP contribution in [0.25, 0.3) is 0 Å². The molecule has 0 radical (unpaired) electrons. The average Bonchev–Trinajstić information content (AvgIpc) is 2.70. The van der Waals surface area contributed by atoms with Gasteiger partial charge in [0.25, 0.3) is 0 Å². The van der Waals surface area contributed by atoms with E-state index in [-0.39, 0.29) is 0 Å². The van der Waals surface area contributed by atoms with Gasteiger partial charge in [-0.05, 0) is 42.5 Å². The third-order valence-electron chi connectivity index (χ3n) is 4.16. The second-order valence-electron chi connectivity index (χ2n) is 5.95. The normalized spacial score (nSPS) is 11.1. The standard InChI is InChI=1S/C21H29N3O2/c1-22-21(23-14-7-10-17-8-5-4-6-9-17)24-15-13-18-11-12-19(25-2)20(16-18)26-3/h4-6,8-9,11-12,16H,7,10,13-15H2,1-3H3,(H2,22,23,24). The van der Waals surface area contributed by atoms with Gasteiger partial charge in [-0.15, -0.1) is 0 Å². The summed E-state index contributed by atoms with van der Waals surface area (Å²) < 4.78 is 10.6. The Balaban J connectivity index is 1.70. The maximum atomic E-state index is 5.35. The highest BCUT2D eigenvalue weighted by Crippen LogP contribution is 2.27. The Kier molecular flexibility index (Phi) is 8.33. The molecule has 0 aliphatic rings. The topological polar surface area (TPSA) is 54.9 Å². The average molecular weight is 355 g/mol. The molecule has 0 spiro atoms. The maximum absolute atomic E-state index is 5.35. The first-order chi connectivity index (χ1) is 12.8. The number of guanidine groups is 1. The fourth-order valence-electron chi connectivity index (χ4n) is 2.73. The first-order valence-corrected chi connectivity index (χ1v) is 8.96. The molecule has 0 heterocycles. The number of methoxy groups -OCH3 is 2. The summed E-state index contributed by atoms with van der Waals surface area (Å²) in [6.45, 7) is 1.69. The Morgan fingerprint density at radius 1 is 0.846 bits per heavy atom. The number of aliphatic imine (C=N–C) groups is 1. The van der Waals surface area contributed by atoms with E-state index in [1.165, 1.54) is 11.1 Å². The van der Waals surface area contributed by atoms with Crippen LogP contribution in [0.3, 0.4) is 0 Å². The highest BCUT2D eigenvalue weighted by molar-refractivity contribution is 5.79. The zero-order chi connectivity index (χ0) is 18.6. The van der Waals surface area contributed by atoms with Crippen molar-refractivity contribution in [3.05, 3.63) is 59.7 Å². The van der Waals surface area contributed by atoms with Gasteiger partial charge in [0.15, 0.2) is 17.5 Å². The number of hydrogen-bond acceptors (Lipinski definition) is 3. The van der Waals surface area contributed by atoms with Crippen molar-refractivity contribution in [3.8, 4) is 11.5 Å². The fraction of sp³-hybridized carbons (Fsp3) is 0.381. The molecule has 0 fully saturated rings. The van der Waals surface area contributed by atoms with E-state index >= 15 is 0 Å². The lowest BCUT2D eigenvalue weighted by molar-refractivity contribution is 0.354. The molecule has 0 aliphatic carbocycles. The number of rotatable bonds is 9. The Morgan fingerprint density at radius 2 is 1.58 bits per heavy atom. The molecule has 26 heavy (non-hydrogen) atoms. The molecular weight excluding hydrogens is 326 g/mol. The third kappa shape index (κ3) is 6.31. The van der Waals surface area contributed by atoms with Crippen molar-refractivity contribution in [3.63, 3.8) is 0 Å². The predicted octanol–water partition coefficient (Wildman–Crippen LogP) is 3.04. The van der Waals surface area contributed by atoms with Crippen LogP contribution in [0.15, 0.2) is 53.5 Å². The summed E-state index contributed by atoms with van der Waals surface area (Å²) in [5.41, 5.74) is 2.56. The van der Waals surface area contributed by atoms with Gasteiger partial charge in [-0.25, -0.2) is 0 Å². The fourth-order valence-corrected chi connectivity index (χ4v) is 2.73. The van der Waals surface area contributed by atoms with Crippen LogP contribution in [-0.2, 0) is 12.8 Å². The molecule has 5 heteroatoms. The van der Waals surface area contributed by atoms with E-state index in [0.717, 1.165) is 49.8 Å². The number of nitrogens with one attached hydrogen (secondary N) is 2. The number of nitrogens with zero attached hydrogens (tertiary/aromatic N) is 1. The van der Waals surface area contributed by atoms with E-state index in [9.17, 15) is 0 Å². The van der Waals surface area contributed by atoms with Crippen LogP contribution in [0.2, 0.25) is 0 Å². The summed E-state index contributed by atoms with van der Waals surface area (Å²) in [5, 5.41) is 6.71. The molecule has 0 atom stereocenters. The molecule has 0 amide bonds. The summed E-state index contributed by atoms with van der Waals surface area (Å²) in [7, 11) is 5.09. The summed E-state index contributed by atoms with van der Waals surface area (Å²) in [4.78, 5) is 4.27. The highest BCUT2D eigenvalue weighted by Gasteiger charge is 2.05. The minimum absolute atomic E-state index is 0.750. The van der Waals surface area contributed by atoms with Crippen LogP contribution in [0, 0.1) is 0 Å². The van der Waals surface area contributed by atoms with Crippen molar-refractivity contribution >= 4 is 5.96 Å². The lowest BCUT2D eigenvalue weighted by atomic mass is 10.1. The van der Waals surface area contributed by atoms with Crippen molar-refractivity contribution in [2.45, 2.75) is 19.3 Å². The molecule has 0 aliphatic heterocycles. The molecule has 0 saturated carbocycles. The Labute approximate surface area is 156 Å². The third-order valence-corrected chi connectivity index (χ3v) is 4.16. The van der Waals surface area contributed by atoms with Gasteiger partial charge in [0.1, 0.15) is 0 Å². The first kappa shape index (κ1) is 19.6. The van der Waals surface area contributed by atoms with E-state index in [1.54, 1.807) is 21.3 Å². The number of hydrogen-bond donors (Lipinski definition) is 2. The van der Waals surface area contributed by atoms with Crippen molar-refractivity contribution in [1.29, 1.82) is 0 Å². The van der Waals surface area contributed by atoms with E-state index in [2.05, 4.69) is 46.0 Å². The van der Waals surface area contributed by atoms with Gasteiger partial charge in [-0.2, -0.15) is 0 Å². The summed E-state index contributed by atoms with van der Waals surface area (Å²) in [6, 6.07) is 16.5. The van der Waals surface area contributed by atoms with Gasteiger partial charge >= 0.3 is 0 Å². The van der Waals surface area contributed by atoms with Gasteiger partial charge < -0.3 is 20.1 Å². The van der Waals surface area contributed by atoms with Crippen LogP contribution in [0.1, 0.15) is 17.5 Å². The molecule has 0 unspecified atom stereocenters. The second-order valence-corrected chi connectivity index (χ2v) is 5.95. The lowest BCUT2D eigenvalue weighted by Gasteiger charge is -2.13. The Morgan fingerprint density at radius 3 is 2.27 bits per heavy atom. The van der Waals surface area contributed by atoms with Crippen LogP contribution in [-0.4, -0.2) is 40.3 Å². The van der Waals surface area contributed by atoms with Gasteiger partial charge in [-0.3, -0.25) is 4.99 Å². The molecule has 0 saturated heterocycles. The monoisotopic (exact) mass is 355 g/mol. The van der Waals surface area contributed by atoms with Crippen LogP contribution >= 0.6 is 0 Å². The minimum atomic E-state index is 0.750. The van der Waals surface area contributed by atoms with E-state index < -0.39 is 0 Å². The van der Waals surface area contributed by atoms with Crippen LogP contribution in [0.5, 0.6) is 11.5 Å². The highest BCUT2D eigenvalue weighted by atomic mass is 16.5. The van der Waals surface area contributed by atoms with Crippen molar-refractivity contribution in [1.82, 2.24) is 10.6 Å². The summed E-state index contributed by atoms with van der Waals surface area (Å²) in [6.07, 6.45) is 3.02. The van der Waals surface area contributed by atoms with Crippen molar-refractivity contribution in [2.75, 3.05) is 34.4 Å². The van der Waals surface area contributed by atoms with Gasteiger partial charge in [-0.1, -0.05) is 36.4 Å². The van der Waals surface area contributed by atoms with Crippen LogP contribution in [0.4, 0.5) is 0 Å². The molecule has 5 nitrogen and oxygen atoms in total. The molecule has 2 aromatic carbocycles. The van der Waals surface area contributed by atoms with E-state index in [0.29, 0.717) is 0 Å². The van der Waals surface area contributed by atoms with Crippen molar-refractivity contribution < 1.29 is 9.47 Å². The van der Waals surface area contributed by atoms with E-state index in [1.807, 2.05) is 18.2 Å². The smallest absolute Gasteiger partial charge is 0.190 e. The van der Waals surface area contributed by atoms with E-state index in [4.69, 9.17) is 9.47 Å². The zero-order valence-electron chi connectivity index (χ0n) is 15.9. The summed E-state index contributed by atoms with van der Waals surface area (Å²) >= 11 is 0. The number of ether oxygens (including phenoxy) is 2. The number of aryl methyl sites for hydroxylation is 1. The first-order valence-electron chi connectivity index (χ1n) is 8.96. The number of benzene rings is 2. The largest absolute Gasteiger partial charge is 0.493 e. The Bertz CT molecular complexity index is 687. The molecule has 0 aromatic heterocycles. The minimum Gasteiger partial charge on any atom is -0.493 e. The Hall–Kier alpha value is -2.69. The molecule has 140 valence electrons. The SMILES string of the molecule is CN=C(NCCCc1ccccc1)NCCc1ccc(OC)c(OC)c1. The second kappa shape index (κ2) is 11.0.